The molecule has 2 nitrogen and oxygen atoms in total. The summed E-state index contributed by atoms with van der Waals surface area (Å²) >= 11 is 0. The standard InChI is InChI=1S/C17H26N2/c1-5-11-17(18-16-9-7-6-8-10-16)12-15(3)19(4)13-14(17)2/h5-10,14-15,18H,1,11-13H2,2-4H3/p+1/t14-,15+,17+/m1/s1. The minimum Gasteiger partial charge on any atom is -0.379 e. The molecule has 1 aliphatic rings. The van der Waals surface area contributed by atoms with Gasteiger partial charge >= 0.3 is 0 Å². The van der Waals surface area contributed by atoms with Crippen molar-refractivity contribution in [2.45, 2.75) is 38.3 Å². The third kappa shape index (κ3) is 3.01. The molecule has 0 aromatic heterocycles. The summed E-state index contributed by atoms with van der Waals surface area (Å²) in [6.07, 6.45) is 4.29. The van der Waals surface area contributed by atoms with Crippen molar-refractivity contribution in [1.29, 1.82) is 0 Å². The summed E-state index contributed by atoms with van der Waals surface area (Å²) in [5.74, 6) is 0.641. The Morgan fingerprint density at radius 2 is 2.05 bits per heavy atom. The zero-order chi connectivity index (χ0) is 13.9. The van der Waals surface area contributed by atoms with E-state index in [0.29, 0.717) is 12.0 Å². The van der Waals surface area contributed by atoms with Crippen LogP contribution >= 0.6 is 0 Å². The highest BCUT2D eigenvalue weighted by atomic mass is 15.2. The maximum absolute atomic E-state index is 3.97. The van der Waals surface area contributed by atoms with E-state index >= 15 is 0 Å². The highest BCUT2D eigenvalue weighted by Gasteiger charge is 2.44. The average molecular weight is 259 g/mol. The van der Waals surface area contributed by atoms with Gasteiger partial charge in [-0.1, -0.05) is 31.2 Å². The minimum absolute atomic E-state index is 0.155. The lowest BCUT2D eigenvalue weighted by atomic mass is 9.73. The predicted octanol–water partition coefficient (Wildman–Crippen LogP) is 2.36. The number of piperidine rings is 1. The molecule has 2 heteroatoms. The third-order valence-electron chi connectivity index (χ3n) is 4.76. The molecule has 0 radical (unpaired) electrons. The number of hydrogen-bond donors (Lipinski definition) is 2. The Labute approximate surface area is 117 Å². The Bertz CT molecular complexity index is 415. The van der Waals surface area contributed by atoms with Gasteiger partial charge in [-0.25, -0.2) is 0 Å². The van der Waals surface area contributed by atoms with E-state index in [-0.39, 0.29) is 5.54 Å². The molecule has 1 aromatic carbocycles. The van der Waals surface area contributed by atoms with Gasteiger partial charge in [-0.3, -0.25) is 0 Å². The fraction of sp³-hybridized carbons (Fsp3) is 0.529. The van der Waals surface area contributed by atoms with E-state index < -0.39 is 0 Å². The molecule has 1 saturated heterocycles. The van der Waals surface area contributed by atoms with Crippen LogP contribution in [0.2, 0.25) is 0 Å². The van der Waals surface area contributed by atoms with Gasteiger partial charge in [0.25, 0.3) is 0 Å². The van der Waals surface area contributed by atoms with Crippen molar-refractivity contribution >= 4 is 5.69 Å². The first-order valence-corrected chi connectivity index (χ1v) is 7.34. The molecule has 2 N–H and O–H groups in total. The zero-order valence-corrected chi connectivity index (χ0v) is 12.4. The van der Waals surface area contributed by atoms with Gasteiger partial charge in [-0.15, -0.1) is 6.58 Å². The maximum Gasteiger partial charge on any atom is 0.0867 e. The van der Waals surface area contributed by atoms with E-state index in [1.807, 2.05) is 0 Å². The predicted molar refractivity (Wildman–Crippen MR) is 82.6 cm³/mol. The van der Waals surface area contributed by atoms with Crippen LogP contribution in [0.25, 0.3) is 0 Å². The van der Waals surface area contributed by atoms with Gasteiger partial charge in [0, 0.05) is 18.0 Å². The van der Waals surface area contributed by atoms with Gasteiger partial charge in [-0.2, -0.15) is 0 Å². The second kappa shape index (κ2) is 5.79. The zero-order valence-electron chi connectivity index (χ0n) is 12.4. The number of rotatable bonds is 4. The van der Waals surface area contributed by atoms with E-state index in [1.54, 1.807) is 4.90 Å². The largest absolute Gasteiger partial charge is 0.379 e. The van der Waals surface area contributed by atoms with Gasteiger partial charge < -0.3 is 10.2 Å². The van der Waals surface area contributed by atoms with Crippen LogP contribution in [0.4, 0.5) is 5.69 Å². The maximum atomic E-state index is 3.97. The number of anilines is 1. The van der Waals surface area contributed by atoms with Crippen LogP contribution in [0.15, 0.2) is 43.0 Å². The second-order valence-electron chi connectivity index (χ2n) is 6.20. The molecule has 0 aliphatic carbocycles. The molecule has 1 aliphatic heterocycles. The van der Waals surface area contributed by atoms with E-state index in [9.17, 15) is 0 Å². The number of likely N-dealkylation sites (tertiary alicyclic amines) is 1. The molecule has 1 fully saturated rings. The van der Waals surface area contributed by atoms with Crippen molar-refractivity contribution in [2.24, 2.45) is 5.92 Å². The van der Waals surface area contributed by atoms with Crippen molar-refractivity contribution in [2.75, 3.05) is 18.9 Å². The molecule has 1 heterocycles. The first-order valence-electron chi connectivity index (χ1n) is 7.34. The summed E-state index contributed by atoms with van der Waals surface area (Å²) in [5, 5.41) is 3.81. The lowest BCUT2D eigenvalue weighted by Gasteiger charge is -2.47. The second-order valence-corrected chi connectivity index (χ2v) is 6.20. The Morgan fingerprint density at radius 3 is 2.68 bits per heavy atom. The van der Waals surface area contributed by atoms with Crippen LogP contribution in [0, 0.1) is 5.92 Å². The topological polar surface area (TPSA) is 16.5 Å². The molecule has 0 spiro atoms. The van der Waals surface area contributed by atoms with Crippen LogP contribution in [-0.2, 0) is 0 Å². The van der Waals surface area contributed by atoms with Crippen LogP contribution in [-0.4, -0.2) is 25.2 Å². The molecule has 0 saturated carbocycles. The van der Waals surface area contributed by atoms with Gasteiger partial charge in [0.05, 0.1) is 25.2 Å². The van der Waals surface area contributed by atoms with Crippen molar-refractivity contribution in [1.82, 2.24) is 0 Å². The van der Waals surface area contributed by atoms with Crippen LogP contribution in [0.1, 0.15) is 26.7 Å². The van der Waals surface area contributed by atoms with Crippen LogP contribution < -0.4 is 10.2 Å². The molecular weight excluding hydrogens is 232 g/mol. The molecule has 0 bridgehead atoms. The smallest absolute Gasteiger partial charge is 0.0867 e. The highest BCUT2D eigenvalue weighted by molar-refractivity contribution is 5.46. The highest BCUT2D eigenvalue weighted by Crippen LogP contribution is 2.33. The first kappa shape index (κ1) is 14.1. The Hall–Kier alpha value is -1.28. The normalized spacial score (nSPS) is 34.8. The summed E-state index contributed by atoms with van der Waals surface area (Å²) in [5.41, 5.74) is 1.38. The third-order valence-corrected chi connectivity index (χ3v) is 4.76. The Morgan fingerprint density at radius 1 is 1.37 bits per heavy atom. The Balaban J connectivity index is 2.24. The van der Waals surface area contributed by atoms with Crippen LogP contribution in [0.5, 0.6) is 0 Å². The number of hydrogen-bond acceptors (Lipinski definition) is 1. The number of para-hydroxylation sites is 1. The van der Waals surface area contributed by atoms with Gasteiger partial charge in [-0.05, 0) is 25.5 Å². The summed E-state index contributed by atoms with van der Waals surface area (Å²) in [7, 11) is 2.31. The summed E-state index contributed by atoms with van der Waals surface area (Å²) in [6.45, 7) is 9.91. The lowest BCUT2D eigenvalue weighted by molar-refractivity contribution is -0.914. The summed E-state index contributed by atoms with van der Waals surface area (Å²) < 4.78 is 0. The van der Waals surface area contributed by atoms with Gasteiger partial charge in [0.1, 0.15) is 0 Å². The van der Waals surface area contributed by atoms with Gasteiger partial charge in [0.2, 0.25) is 0 Å². The SMILES string of the molecule is C=CC[C@]1(Nc2ccccc2)C[C@H](C)[NH+](C)C[C@H]1C. The van der Waals surface area contributed by atoms with Crippen molar-refractivity contribution in [3.63, 3.8) is 0 Å². The molecule has 4 atom stereocenters. The van der Waals surface area contributed by atoms with E-state index in [0.717, 1.165) is 6.42 Å². The first-order chi connectivity index (χ1) is 9.07. The summed E-state index contributed by atoms with van der Waals surface area (Å²) in [4.78, 5) is 1.64. The number of benzene rings is 1. The van der Waals surface area contributed by atoms with Crippen molar-refractivity contribution < 1.29 is 4.90 Å². The minimum atomic E-state index is 0.155. The fourth-order valence-corrected chi connectivity index (χ4v) is 3.38. The van der Waals surface area contributed by atoms with Crippen molar-refractivity contribution in [3.8, 4) is 0 Å². The van der Waals surface area contributed by atoms with E-state index in [1.165, 1.54) is 18.7 Å². The molecule has 19 heavy (non-hydrogen) atoms. The monoisotopic (exact) mass is 259 g/mol. The van der Waals surface area contributed by atoms with Gasteiger partial charge in [0.15, 0.2) is 0 Å². The number of nitrogens with one attached hydrogen (secondary N) is 2. The Kier molecular flexibility index (Phi) is 4.31. The average Bonchev–Trinajstić information content (AvgIpc) is 2.38. The molecule has 104 valence electrons. The number of quaternary nitrogens is 1. The molecule has 0 amide bonds. The van der Waals surface area contributed by atoms with E-state index in [2.05, 4.69) is 69.2 Å². The summed E-state index contributed by atoms with van der Waals surface area (Å²) in [6, 6.07) is 11.3. The molecule has 1 aromatic rings. The van der Waals surface area contributed by atoms with E-state index in [4.69, 9.17) is 0 Å². The molecule has 2 rings (SSSR count). The quantitative estimate of drug-likeness (QED) is 0.794. The molecular formula is C17H27N2+. The van der Waals surface area contributed by atoms with Crippen LogP contribution in [0.3, 0.4) is 0 Å². The van der Waals surface area contributed by atoms with Crippen molar-refractivity contribution in [3.05, 3.63) is 43.0 Å². The lowest BCUT2D eigenvalue weighted by Crippen LogP contribution is -3.15. The molecule has 1 unspecified atom stereocenters. The fourth-order valence-electron chi connectivity index (χ4n) is 3.38.